The van der Waals surface area contributed by atoms with Crippen molar-refractivity contribution in [1.29, 1.82) is 0 Å². The highest BCUT2D eigenvalue weighted by Crippen LogP contribution is 1.99. The third kappa shape index (κ3) is 23.2. The van der Waals surface area contributed by atoms with Crippen molar-refractivity contribution in [3.05, 3.63) is 0 Å². The summed E-state index contributed by atoms with van der Waals surface area (Å²) in [5.74, 6) is -0.0417. The van der Waals surface area contributed by atoms with Crippen molar-refractivity contribution in [2.75, 3.05) is 73.6 Å². The number of ether oxygens (including phenoxy) is 4. The molecule has 0 aliphatic heterocycles. The summed E-state index contributed by atoms with van der Waals surface area (Å²) in [6.45, 7) is 3.59. The van der Waals surface area contributed by atoms with Crippen LogP contribution < -0.4 is 16.1 Å². The molecule has 0 spiro atoms. The lowest BCUT2D eigenvalue weighted by molar-refractivity contribution is -0.123. The number of nitrogens with one attached hydrogen (secondary N) is 3. The van der Waals surface area contributed by atoms with Crippen LogP contribution in [0.1, 0.15) is 38.5 Å². The van der Waals surface area contributed by atoms with Crippen molar-refractivity contribution in [1.82, 2.24) is 16.1 Å². The molecule has 184 valence electrons. The Balaban J connectivity index is 3.28. The molecule has 0 aliphatic rings. The Kier molecular flexibility index (Phi) is 22.3. The predicted octanol–water partition coefficient (Wildman–Crippen LogP) is -0.275. The van der Waals surface area contributed by atoms with Crippen LogP contribution in [0.5, 0.6) is 0 Å². The monoisotopic (exact) mass is 451 g/mol. The van der Waals surface area contributed by atoms with Crippen LogP contribution in [0.25, 0.3) is 0 Å². The predicted molar refractivity (Wildman–Crippen MR) is 114 cm³/mol. The molecule has 1 unspecified atom stereocenters. The SMILES string of the molecule is CNC(=O)CCCCCOCCNC(=O)CCOCCONC(O)COCCCOC. The summed E-state index contributed by atoms with van der Waals surface area (Å²) in [4.78, 5) is 27.8. The van der Waals surface area contributed by atoms with Gasteiger partial charge in [0.05, 0.1) is 33.0 Å². The molecule has 0 radical (unpaired) electrons. The van der Waals surface area contributed by atoms with Crippen LogP contribution in [0.2, 0.25) is 0 Å². The molecule has 11 heteroatoms. The van der Waals surface area contributed by atoms with Gasteiger partial charge in [-0.15, -0.1) is 0 Å². The van der Waals surface area contributed by atoms with Crippen molar-refractivity contribution in [3.8, 4) is 0 Å². The number of aliphatic hydroxyl groups excluding tert-OH is 1. The molecule has 11 nitrogen and oxygen atoms in total. The molecule has 0 heterocycles. The van der Waals surface area contributed by atoms with Crippen molar-refractivity contribution in [2.45, 2.75) is 44.8 Å². The number of hydroxylamine groups is 1. The molecule has 4 N–H and O–H groups in total. The number of aliphatic hydroxyl groups is 1. The van der Waals surface area contributed by atoms with E-state index in [-0.39, 0.29) is 38.1 Å². The van der Waals surface area contributed by atoms with Gasteiger partial charge in [-0.2, -0.15) is 5.48 Å². The Bertz CT molecular complexity index is 429. The topological polar surface area (TPSA) is 137 Å². The molecule has 31 heavy (non-hydrogen) atoms. The molecular formula is C20H41N3O8. The van der Waals surface area contributed by atoms with E-state index in [2.05, 4.69) is 16.1 Å². The van der Waals surface area contributed by atoms with Crippen molar-refractivity contribution in [2.24, 2.45) is 0 Å². The van der Waals surface area contributed by atoms with Gasteiger partial charge < -0.3 is 34.7 Å². The lowest BCUT2D eigenvalue weighted by Crippen LogP contribution is -2.34. The summed E-state index contributed by atoms with van der Waals surface area (Å²) in [7, 11) is 3.26. The summed E-state index contributed by atoms with van der Waals surface area (Å²) < 4.78 is 20.9. The fraction of sp³-hybridized carbons (Fsp3) is 0.900. The van der Waals surface area contributed by atoms with E-state index in [0.717, 1.165) is 25.7 Å². The van der Waals surface area contributed by atoms with E-state index in [1.165, 1.54) is 0 Å². The molecule has 0 saturated carbocycles. The van der Waals surface area contributed by atoms with Crippen LogP contribution in [0.3, 0.4) is 0 Å². The number of carbonyl (C=O) groups is 2. The Morgan fingerprint density at radius 3 is 2.35 bits per heavy atom. The second kappa shape index (κ2) is 23.3. The number of hydrogen-bond donors (Lipinski definition) is 4. The highest BCUT2D eigenvalue weighted by Gasteiger charge is 2.04. The van der Waals surface area contributed by atoms with Gasteiger partial charge in [-0.1, -0.05) is 6.42 Å². The molecule has 0 aromatic carbocycles. The molecular weight excluding hydrogens is 410 g/mol. The van der Waals surface area contributed by atoms with Crippen molar-refractivity contribution < 1.29 is 38.5 Å². The van der Waals surface area contributed by atoms with Crippen LogP contribution >= 0.6 is 0 Å². The van der Waals surface area contributed by atoms with Gasteiger partial charge >= 0.3 is 0 Å². The lowest BCUT2D eigenvalue weighted by Gasteiger charge is -2.13. The normalized spacial score (nSPS) is 12.0. The van der Waals surface area contributed by atoms with Gasteiger partial charge in [-0.05, 0) is 19.3 Å². The minimum Gasteiger partial charge on any atom is -0.385 e. The molecule has 0 bridgehead atoms. The Morgan fingerprint density at radius 1 is 0.806 bits per heavy atom. The molecule has 0 fully saturated rings. The average molecular weight is 452 g/mol. The summed E-state index contributed by atoms with van der Waals surface area (Å²) in [6, 6.07) is 0. The van der Waals surface area contributed by atoms with E-state index in [0.29, 0.717) is 46.0 Å². The summed E-state index contributed by atoms with van der Waals surface area (Å²) in [5.41, 5.74) is 2.44. The second-order valence-electron chi connectivity index (χ2n) is 6.71. The number of amides is 2. The highest BCUT2D eigenvalue weighted by atomic mass is 16.7. The van der Waals surface area contributed by atoms with Gasteiger partial charge in [-0.25, -0.2) is 0 Å². The minimum absolute atomic E-state index is 0.0609. The quantitative estimate of drug-likeness (QED) is 0.0939. The summed E-state index contributed by atoms with van der Waals surface area (Å²) in [6.07, 6.45) is 3.34. The molecule has 0 aromatic rings. The van der Waals surface area contributed by atoms with E-state index < -0.39 is 6.23 Å². The Labute approximate surface area is 185 Å². The molecule has 0 aliphatic carbocycles. The number of hydrogen-bond acceptors (Lipinski definition) is 9. The molecule has 2 amide bonds. The maximum Gasteiger partial charge on any atom is 0.222 e. The zero-order chi connectivity index (χ0) is 23.0. The first kappa shape index (κ1) is 29.7. The van der Waals surface area contributed by atoms with E-state index in [9.17, 15) is 14.7 Å². The Hall–Kier alpha value is -1.34. The van der Waals surface area contributed by atoms with Crippen LogP contribution in [0, 0.1) is 0 Å². The van der Waals surface area contributed by atoms with Gasteiger partial charge in [0.2, 0.25) is 11.8 Å². The first-order chi connectivity index (χ1) is 15.1. The van der Waals surface area contributed by atoms with Gasteiger partial charge in [-0.3, -0.25) is 14.4 Å². The second-order valence-corrected chi connectivity index (χ2v) is 6.71. The van der Waals surface area contributed by atoms with E-state index in [4.69, 9.17) is 23.8 Å². The van der Waals surface area contributed by atoms with Crippen molar-refractivity contribution in [3.63, 3.8) is 0 Å². The number of unbranched alkanes of at least 4 members (excludes halogenated alkanes) is 2. The number of rotatable bonds is 23. The van der Waals surface area contributed by atoms with E-state index in [1.54, 1.807) is 14.2 Å². The summed E-state index contributed by atoms with van der Waals surface area (Å²) >= 11 is 0. The number of carbonyl (C=O) groups excluding carboxylic acids is 2. The average Bonchev–Trinajstić information content (AvgIpc) is 2.76. The largest absolute Gasteiger partial charge is 0.385 e. The van der Waals surface area contributed by atoms with Crippen molar-refractivity contribution >= 4 is 11.8 Å². The molecule has 0 saturated heterocycles. The first-order valence-electron chi connectivity index (χ1n) is 10.8. The highest BCUT2D eigenvalue weighted by molar-refractivity contribution is 5.76. The van der Waals surface area contributed by atoms with Crippen LogP contribution in [0.4, 0.5) is 0 Å². The standard InChI is InChI=1S/C20H41N3O8/c1-21-18(24)7-4-3-5-11-28-14-9-22-19(25)8-13-29-15-16-31-23-20(26)17-30-12-6-10-27-2/h20,23,26H,3-17H2,1-2H3,(H,21,24)(H,22,25). The smallest absolute Gasteiger partial charge is 0.222 e. The minimum atomic E-state index is -0.918. The first-order valence-corrected chi connectivity index (χ1v) is 10.8. The van der Waals surface area contributed by atoms with Crippen LogP contribution in [0.15, 0.2) is 0 Å². The van der Waals surface area contributed by atoms with Gasteiger partial charge in [0.25, 0.3) is 0 Å². The molecule has 1 atom stereocenters. The lowest BCUT2D eigenvalue weighted by atomic mass is 10.2. The number of methoxy groups -OCH3 is 1. The van der Waals surface area contributed by atoms with Gasteiger partial charge in [0.15, 0.2) is 0 Å². The zero-order valence-corrected chi connectivity index (χ0v) is 19.0. The van der Waals surface area contributed by atoms with Crippen LogP contribution in [-0.2, 0) is 33.4 Å². The van der Waals surface area contributed by atoms with Gasteiger partial charge in [0, 0.05) is 53.4 Å². The van der Waals surface area contributed by atoms with E-state index >= 15 is 0 Å². The summed E-state index contributed by atoms with van der Waals surface area (Å²) in [5, 5.41) is 14.9. The third-order valence-corrected chi connectivity index (χ3v) is 3.98. The third-order valence-electron chi connectivity index (χ3n) is 3.98. The van der Waals surface area contributed by atoms with Gasteiger partial charge in [0.1, 0.15) is 6.23 Å². The fourth-order valence-corrected chi connectivity index (χ4v) is 2.30. The van der Waals surface area contributed by atoms with Crippen LogP contribution in [-0.4, -0.2) is 96.7 Å². The molecule has 0 rings (SSSR count). The zero-order valence-electron chi connectivity index (χ0n) is 19.0. The maximum atomic E-state index is 11.7. The van der Waals surface area contributed by atoms with E-state index in [1.807, 2.05) is 0 Å². The Morgan fingerprint density at radius 2 is 1.58 bits per heavy atom. The maximum absolute atomic E-state index is 11.7. The fourth-order valence-electron chi connectivity index (χ4n) is 2.30. The molecule has 0 aromatic heterocycles.